The number of hydrogen-bond acceptors (Lipinski definition) is 6. The van der Waals surface area contributed by atoms with E-state index in [4.69, 9.17) is 4.74 Å². The lowest BCUT2D eigenvalue weighted by Gasteiger charge is -2.22. The molecule has 0 fully saturated rings. The average Bonchev–Trinajstić information content (AvgIpc) is 2.71. The zero-order valence-corrected chi connectivity index (χ0v) is 16.9. The molecule has 0 radical (unpaired) electrons. The molecule has 0 aliphatic carbocycles. The lowest BCUT2D eigenvalue weighted by atomic mass is 10.1. The van der Waals surface area contributed by atoms with E-state index in [1.165, 1.54) is 5.69 Å². The summed E-state index contributed by atoms with van der Waals surface area (Å²) in [7, 11) is 1.65. The van der Waals surface area contributed by atoms with Gasteiger partial charge in [-0.1, -0.05) is 12.1 Å². The van der Waals surface area contributed by atoms with Crippen molar-refractivity contribution in [2.75, 3.05) is 35.7 Å². The van der Waals surface area contributed by atoms with Crippen LogP contribution in [0.25, 0.3) is 0 Å². The molecule has 0 atom stereocenters. The maximum atomic E-state index is 5.38. The predicted octanol–water partition coefficient (Wildman–Crippen LogP) is 5.13. The fourth-order valence-corrected chi connectivity index (χ4v) is 3.07. The molecule has 1 heterocycles. The third kappa shape index (κ3) is 4.52. The van der Waals surface area contributed by atoms with Gasteiger partial charge in [-0.15, -0.1) is 0 Å². The van der Waals surface area contributed by atoms with Crippen molar-refractivity contribution in [3.05, 3.63) is 60.3 Å². The van der Waals surface area contributed by atoms with Crippen LogP contribution in [0.1, 0.15) is 19.4 Å². The van der Waals surface area contributed by atoms with Crippen LogP contribution in [0.4, 0.5) is 28.8 Å². The molecule has 0 saturated heterocycles. The summed E-state index contributed by atoms with van der Waals surface area (Å²) in [6.07, 6.45) is 1.73. The molecule has 3 aromatic rings. The second-order valence-corrected chi connectivity index (χ2v) is 6.39. The van der Waals surface area contributed by atoms with E-state index in [1.54, 1.807) is 13.3 Å². The molecule has 3 rings (SSSR count). The zero-order valence-electron chi connectivity index (χ0n) is 16.9. The number of nitrogens with zero attached hydrogens (tertiary/aromatic N) is 3. The molecule has 1 aromatic heterocycles. The molecule has 146 valence electrons. The van der Waals surface area contributed by atoms with Gasteiger partial charge in [-0.3, -0.25) is 0 Å². The monoisotopic (exact) mass is 377 g/mol. The summed E-state index contributed by atoms with van der Waals surface area (Å²) < 4.78 is 5.38. The van der Waals surface area contributed by atoms with Gasteiger partial charge >= 0.3 is 0 Å². The standard InChI is InChI=1S/C22H27N5O/c1-5-27(6-2)17-11-12-18(16(3)15-17)25-22-23-14-13-21(26-22)24-19-9-7-8-10-20(19)28-4/h7-15H,5-6H2,1-4H3,(H2,23,24,25,26). The average molecular weight is 377 g/mol. The summed E-state index contributed by atoms with van der Waals surface area (Å²) in [6, 6.07) is 16.0. The van der Waals surface area contributed by atoms with E-state index in [2.05, 4.69) is 64.5 Å². The molecule has 6 heteroatoms. The van der Waals surface area contributed by atoms with E-state index >= 15 is 0 Å². The Morgan fingerprint density at radius 2 is 1.75 bits per heavy atom. The quantitative estimate of drug-likeness (QED) is 0.568. The summed E-state index contributed by atoms with van der Waals surface area (Å²) >= 11 is 0. The first-order chi connectivity index (χ1) is 13.6. The first-order valence-electron chi connectivity index (χ1n) is 9.50. The van der Waals surface area contributed by atoms with Gasteiger partial charge < -0.3 is 20.3 Å². The van der Waals surface area contributed by atoms with Crippen LogP contribution in [-0.4, -0.2) is 30.2 Å². The topological polar surface area (TPSA) is 62.3 Å². The van der Waals surface area contributed by atoms with Crippen LogP contribution in [0.5, 0.6) is 5.75 Å². The highest BCUT2D eigenvalue weighted by Crippen LogP contribution is 2.27. The number of hydrogen-bond donors (Lipinski definition) is 2. The molecule has 0 aliphatic heterocycles. The van der Waals surface area contributed by atoms with Crippen LogP contribution in [0.2, 0.25) is 0 Å². The molecule has 6 nitrogen and oxygen atoms in total. The molecule has 0 spiro atoms. The maximum Gasteiger partial charge on any atom is 0.229 e. The van der Waals surface area contributed by atoms with E-state index in [0.717, 1.165) is 35.8 Å². The first-order valence-corrected chi connectivity index (χ1v) is 9.50. The Hall–Kier alpha value is -3.28. The molecule has 0 amide bonds. The number of aromatic nitrogens is 2. The van der Waals surface area contributed by atoms with Gasteiger partial charge in [0.25, 0.3) is 0 Å². The molecule has 0 saturated carbocycles. The number of rotatable bonds is 8. The second kappa shape index (κ2) is 9.08. The van der Waals surface area contributed by atoms with Crippen LogP contribution in [0.3, 0.4) is 0 Å². The van der Waals surface area contributed by atoms with Gasteiger partial charge in [0.15, 0.2) is 0 Å². The molecular formula is C22H27N5O. The second-order valence-electron chi connectivity index (χ2n) is 6.39. The third-order valence-electron chi connectivity index (χ3n) is 4.61. The SMILES string of the molecule is CCN(CC)c1ccc(Nc2nccc(Nc3ccccc3OC)n2)c(C)c1. The number of benzene rings is 2. The predicted molar refractivity (Wildman–Crippen MR) is 116 cm³/mol. The Kier molecular flexibility index (Phi) is 6.32. The number of methoxy groups -OCH3 is 1. The van der Waals surface area contributed by atoms with Crippen LogP contribution in [0.15, 0.2) is 54.7 Å². The van der Waals surface area contributed by atoms with E-state index < -0.39 is 0 Å². The van der Waals surface area contributed by atoms with Crippen LogP contribution >= 0.6 is 0 Å². The Morgan fingerprint density at radius 3 is 2.46 bits per heavy atom. The Morgan fingerprint density at radius 1 is 0.964 bits per heavy atom. The van der Waals surface area contributed by atoms with E-state index in [-0.39, 0.29) is 0 Å². The van der Waals surface area contributed by atoms with E-state index in [0.29, 0.717) is 11.8 Å². The number of ether oxygens (including phenoxy) is 1. The third-order valence-corrected chi connectivity index (χ3v) is 4.61. The molecule has 2 N–H and O–H groups in total. The fraction of sp³-hybridized carbons (Fsp3) is 0.273. The number of aryl methyl sites for hydroxylation is 1. The highest BCUT2D eigenvalue weighted by atomic mass is 16.5. The van der Waals surface area contributed by atoms with Gasteiger partial charge in [0.2, 0.25) is 5.95 Å². The molecule has 28 heavy (non-hydrogen) atoms. The summed E-state index contributed by atoms with van der Waals surface area (Å²) in [5.74, 6) is 2.00. The summed E-state index contributed by atoms with van der Waals surface area (Å²) in [6.45, 7) is 8.40. The normalized spacial score (nSPS) is 10.4. The Bertz CT molecular complexity index is 924. The van der Waals surface area contributed by atoms with Crippen molar-refractivity contribution >= 4 is 28.8 Å². The number of anilines is 5. The molecule has 2 aromatic carbocycles. The van der Waals surface area contributed by atoms with Crippen LogP contribution in [-0.2, 0) is 0 Å². The largest absolute Gasteiger partial charge is 0.495 e. The summed E-state index contributed by atoms with van der Waals surface area (Å²) in [5, 5.41) is 6.60. The lowest BCUT2D eigenvalue weighted by molar-refractivity contribution is 0.417. The Labute approximate surface area is 166 Å². The molecule has 0 unspecified atom stereocenters. The van der Waals surface area contributed by atoms with Gasteiger partial charge in [0.1, 0.15) is 11.6 Å². The van der Waals surface area contributed by atoms with Crippen LogP contribution in [0, 0.1) is 6.92 Å². The maximum absolute atomic E-state index is 5.38. The first kappa shape index (κ1) is 19.5. The summed E-state index contributed by atoms with van der Waals surface area (Å²) in [4.78, 5) is 11.2. The Balaban J connectivity index is 1.78. The molecule has 0 aliphatic rings. The minimum absolute atomic E-state index is 0.540. The highest BCUT2D eigenvalue weighted by Gasteiger charge is 2.08. The molecule has 0 bridgehead atoms. The van der Waals surface area contributed by atoms with Crippen molar-refractivity contribution in [2.45, 2.75) is 20.8 Å². The van der Waals surface area contributed by atoms with E-state index in [9.17, 15) is 0 Å². The minimum atomic E-state index is 0.540. The molecular weight excluding hydrogens is 350 g/mol. The van der Waals surface area contributed by atoms with Crippen molar-refractivity contribution in [3.63, 3.8) is 0 Å². The summed E-state index contributed by atoms with van der Waals surface area (Å²) in [5.41, 5.74) is 4.22. The zero-order chi connectivity index (χ0) is 19.9. The van der Waals surface area contributed by atoms with Gasteiger partial charge in [-0.25, -0.2) is 4.98 Å². The van der Waals surface area contributed by atoms with Gasteiger partial charge in [0.05, 0.1) is 12.8 Å². The lowest BCUT2D eigenvalue weighted by Crippen LogP contribution is -2.21. The highest BCUT2D eigenvalue weighted by molar-refractivity contribution is 5.67. The van der Waals surface area contributed by atoms with Gasteiger partial charge in [-0.2, -0.15) is 4.98 Å². The minimum Gasteiger partial charge on any atom is -0.495 e. The van der Waals surface area contributed by atoms with E-state index in [1.807, 2.05) is 30.3 Å². The number of nitrogens with one attached hydrogen (secondary N) is 2. The van der Waals surface area contributed by atoms with Crippen molar-refractivity contribution in [1.29, 1.82) is 0 Å². The van der Waals surface area contributed by atoms with Crippen molar-refractivity contribution in [2.24, 2.45) is 0 Å². The van der Waals surface area contributed by atoms with Crippen LogP contribution < -0.4 is 20.3 Å². The van der Waals surface area contributed by atoms with Gasteiger partial charge in [-0.05, 0) is 62.7 Å². The van der Waals surface area contributed by atoms with Crippen molar-refractivity contribution in [1.82, 2.24) is 9.97 Å². The van der Waals surface area contributed by atoms with Gasteiger partial charge in [0, 0.05) is 30.7 Å². The van der Waals surface area contributed by atoms with Crippen molar-refractivity contribution < 1.29 is 4.74 Å². The fourth-order valence-electron chi connectivity index (χ4n) is 3.07. The number of para-hydroxylation sites is 2. The van der Waals surface area contributed by atoms with Crippen molar-refractivity contribution in [3.8, 4) is 5.75 Å². The smallest absolute Gasteiger partial charge is 0.229 e.